The van der Waals surface area contributed by atoms with Crippen LogP contribution in [0.4, 0.5) is 0 Å². The first-order chi connectivity index (χ1) is 11.1. The van der Waals surface area contributed by atoms with E-state index in [1.807, 2.05) is 0 Å². The molecule has 0 radical (unpaired) electrons. The zero-order valence-electron chi connectivity index (χ0n) is 12.9. The highest BCUT2D eigenvalue weighted by atomic mass is 35.5. The number of carbonyl (C=O) groups is 2. The van der Waals surface area contributed by atoms with Gasteiger partial charge in [-0.15, -0.1) is 0 Å². The van der Waals surface area contributed by atoms with Crippen LogP contribution >= 0.6 is 23.2 Å². The van der Waals surface area contributed by atoms with E-state index in [2.05, 4.69) is 5.32 Å². The van der Waals surface area contributed by atoms with Gasteiger partial charge in [0.1, 0.15) is 6.04 Å². The van der Waals surface area contributed by atoms with E-state index in [1.54, 1.807) is 23.1 Å². The van der Waals surface area contributed by atoms with Crippen LogP contribution in [0.25, 0.3) is 0 Å². The molecule has 1 aliphatic heterocycles. The molecule has 0 bridgehead atoms. The lowest BCUT2D eigenvalue weighted by Gasteiger charge is -2.26. The second-order valence-electron chi connectivity index (χ2n) is 6.27. The molecule has 2 aliphatic rings. The molecule has 124 valence electrons. The molecule has 3 rings (SSSR count). The molecular weight excluding hydrogens is 335 g/mol. The minimum Gasteiger partial charge on any atom is -0.352 e. The van der Waals surface area contributed by atoms with Crippen molar-refractivity contribution in [2.75, 3.05) is 6.54 Å². The van der Waals surface area contributed by atoms with E-state index in [1.165, 1.54) is 0 Å². The van der Waals surface area contributed by atoms with Gasteiger partial charge >= 0.3 is 0 Å². The second-order valence-corrected chi connectivity index (χ2v) is 7.11. The molecule has 1 saturated heterocycles. The summed E-state index contributed by atoms with van der Waals surface area (Å²) in [5.41, 5.74) is 0.361. The van der Waals surface area contributed by atoms with E-state index < -0.39 is 6.04 Å². The van der Waals surface area contributed by atoms with E-state index in [4.69, 9.17) is 23.2 Å². The molecule has 0 unspecified atom stereocenters. The minimum atomic E-state index is -0.404. The van der Waals surface area contributed by atoms with Crippen molar-refractivity contribution in [3.05, 3.63) is 33.8 Å². The van der Waals surface area contributed by atoms with E-state index in [-0.39, 0.29) is 17.9 Å². The fourth-order valence-corrected chi connectivity index (χ4v) is 3.84. The summed E-state index contributed by atoms with van der Waals surface area (Å²) in [7, 11) is 0. The first kappa shape index (κ1) is 16.6. The van der Waals surface area contributed by atoms with Crippen LogP contribution < -0.4 is 5.32 Å². The Bertz CT molecular complexity index is 615. The van der Waals surface area contributed by atoms with E-state index in [0.717, 1.165) is 32.1 Å². The zero-order valence-corrected chi connectivity index (χ0v) is 14.4. The SMILES string of the molecule is O=C(NC1CCCC1)[C@H]1CCCN1C(=O)c1cc(Cl)ccc1Cl. The molecule has 1 N–H and O–H groups in total. The highest BCUT2D eigenvalue weighted by Gasteiger charge is 2.36. The fourth-order valence-electron chi connectivity index (χ4n) is 3.47. The highest BCUT2D eigenvalue weighted by Crippen LogP contribution is 2.27. The largest absolute Gasteiger partial charge is 0.352 e. The van der Waals surface area contributed by atoms with Crippen molar-refractivity contribution in [3.8, 4) is 0 Å². The van der Waals surface area contributed by atoms with Gasteiger partial charge in [-0.05, 0) is 43.9 Å². The number of rotatable bonds is 3. The summed E-state index contributed by atoms with van der Waals surface area (Å²) in [5.74, 6) is -0.262. The van der Waals surface area contributed by atoms with E-state index in [9.17, 15) is 9.59 Å². The third kappa shape index (κ3) is 3.64. The number of nitrogens with zero attached hydrogens (tertiary/aromatic N) is 1. The maximum absolute atomic E-state index is 12.8. The van der Waals surface area contributed by atoms with Gasteiger partial charge in [0.15, 0.2) is 0 Å². The van der Waals surface area contributed by atoms with Gasteiger partial charge in [0.25, 0.3) is 5.91 Å². The van der Waals surface area contributed by atoms with Crippen LogP contribution in [0.15, 0.2) is 18.2 Å². The Morgan fingerprint density at radius 3 is 2.57 bits per heavy atom. The molecule has 1 saturated carbocycles. The number of likely N-dealkylation sites (tertiary alicyclic amines) is 1. The lowest BCUT2D eigenvalue weighted by molar-refractivity contribution is -0.125. The average molecular weight is 355 g/mol. The summed E-state index contributed by atoms with van der Waals surface area (Å²) < 4.78 is 0. The Morgan fingerprint density at radius 2 is 1.83 bits per heavy atom. The number of amides is 2. The number of carbonyl (C=O) groups excluding carboxylic acids is 2. The van der Waals surface area contributed by atoms with Gasteiger partial charge in [-0.3, -0.25) is 9.59 Å². The topological polar surface area (TPSA) is 49.4 Å². The molecular formula is C17H20Cl2N2O2. The van der Waals surface area contributed by atoms with Gasteiger partial charge in [-0.2, -0.15) is 0 Å². The molecule has 2 amide bonds. The van der Waals surface area contributed by atoms with Crippen LogP contribution in [0.5, 0.6) is 0 Å². The molecule has 1 aromatic carbocycles. The number of hydrogen-bond acceptors (Lipinski definition) is 2. The lowest BCUT2D eigenvalue weighted by atomic mass is 10.1. The van der Waals surface area contributed by atoms with Crippen molar-refractivity contribution in [1.82, 2.24) is 10.2 Å². The van der Waals surface area contributed by atoms with Gasteiger partial charge in [-0.25, -0.2) is 0 Å². The van der Waals surface area contributed by atoms with Crippen LogP contribution in [0.1, 0.15) is 48.9 Å². The van der Waals surface area contributed by atoms with Crippen molar-refractivity contribution in [2.24, 2.45) is 0 Å². The van der Waals surface area contributed by atoms with Crippen molar-refractivity contribution < 1.29 is 9.59 Å². The molecule has 23 heavy (non-hydrogen) atoms. The standard InChI is InChI=1S/C17H20Cl2N2O2/c18-11-7-8-14(19)13(10-11)17(23)21-9-3-6-15(21)16(22)20-12-4-1-2-5-12/h7-8,10,12,15H,1-6,9H2,(H,20,22)/t15-/m1/s1. The zero-order chi connectivity index (χ0) is 16.4. The molecule has 0 spiro atoms. The third-order valence-electron chi connectivity index (χ3n) is 4.68. The molecule has 0 aromatic heterocycles. The Balaban J connectivity index is 1.73. The maximum atomic E-state index is 12.8. The molecule has 1 atom stereocenters. The smallest absolute Gasteiger partial charge is 0.256 e. The van der Waals surface area contributed by atoms with Crippen LogP contribution in [-0.2, 0) is 4.79 Å². The second kappa shape index (κ2) is 7.10. The normalized spacial score (nSPS) is 21.7. The summed E-state index contributed by atoms with van der Waals surface area (Å²) in [6, 6.07) is 4.68. The Morgan fingerprint density at radius 1 is 1.09 bits per heavy atom. The number of halogens is 2. The van der Waals surface area contributed by atoms with Crippen molar-refractivity contribution in [1.29, 1.82) is 0 Å². The highest BCUT2D eigenvalue weighted by molar-refractivity contribution is 6.35. The molecule has 6 heteroatoms. The van der Waals surface area contributed by atoms with E-state index >= 15 is 0 Å². The third-order valence-corrected chi connectivity index (χ3v) is 5.24. The van der Waals surface area contributed by atoms with Crippen molar-refractivity contribution in [2.45, 2.75) is 50.6 Å². The summed E-state index contributed by atoms with van der Waals surface area (Å²) in [5, 5.41) is 3.92. The fraction of sp³-hybridized carbons (Fsp3) is 0.529. The quantitative estimate of drug-likeness (QED) is 0.900. The summed E-state index contributed by atoms with van der Waals surface area (Å²) in [6.07, 6.45) is 5.92. The van der Waals surface area contributed by atoms with Crippen LogP contribution in [0, 0.1) is 0 Å². The van der Waals surface area contributed by atoms with Gasteiger partial charge in [0.05, 0.1) is 10.6 Å². The first-order valence-corrected chi connectivity index (χ1v) is 8.88. The molecule has 1 heterocycles. The van der Waals surface area contributed by atoms with Crippen molar-refractivity contribution in [3.63, 3.8) is 0 Å². The van der Waals surface area contributed by atoms with Gasteiger partial charge < -0.3 is 10.2 Å². The number of benzene rings is 1. The minimum absolute atomic E-state index is 0.0408. The predicted octanol–water partition coefficient (Wildman–Crippen LogP) is 3.66. The Labute approximate surface area is 146 Å². The summed E-state index contributed by atoms with van der Waals surface area (Å²) in [6.45, 7) is 0.574. The van der Waals surface area contributed by atoms with Crippen LogP contribution in [0.2, 0.25) is 10.0 Å². The van der Waals surface area contributed by atoms with Gasteiger partial charge in [0.2, 0.25) is 5.91 Å². The monoisotopic (exact) mass is 354 g/mol. The summed E-state index contributed by atoms with van der Waals surface area (Å²) in [4.78, 5) is 26.9. The molecule has 1 aliphatic carbocycles. The molecule has 4 nitrogen and oxygen atoms in total. The Hall–Kier alpha value is -1.26. The molecule has 1 aromatic rings. The average Bonchev–Trinajstić information content (AvgIpc) is 3.20. The molecule has 2 fully saturated rings. The predicted molar refractivity (Wildman–Crippen MR) is 90.9 cm³/mol. The number of nitrogens with one attached hydrogen (secondary N) is 1. The van der Waals surface area contributed by atoms with Crippen molar-refractivity contribution >= 4 is 35.0 Å². The Kier molecular flexibility index (Phi) is 5.12. The lowest BCUT2D eigenvalue weighted by Crippen LogP contribution is -2.48. The van der Waals surface area contributed by atoms with Crippen LogP contribution in [-0.4, -0.2) is 35.3 Å². The van der Waals surface area contributed by atoms with Gasteiger partial charge in [0, 0.05) is 17.6 Å². The van der Waals surface area contributed by atoms with Gasteiger partial charge in [-0.1, -0.05) is 36.0 Å². The maximum Gasteiger partial charge on any atom is 0.256 e. The first-order valence-electron chi connectivity index (χ1n) is 8.12. The summed E-state index contributed by atoms with van der Waals surface area (Å²) >= 11 is 12.1. The van der Waals surface area contributed by atoms with Crippen LogP contribution in [0.3, 0.4) is 0 Å². The van der Waals surface area contributed by atoms with E-state index in [0.29, 0.717) is 28.6 Å². The number of hydrogen-bond donors (Lipinski definition) is 1.